The Kier molecular flexibility index (Phi) is 3.74. The molecule has 0 aromatic heterocycles. The number of rotatable bonds is 2. The van der Waals surface area contributed by atoms with E-state index in [0.717, 1.165) is 0 Å². The van der Waals surface area contributed by atoms with Crippen molar-refractivity contribution in [3.63, 3.8) is 0 Å². The fraction of sp³-hybridized carbons (Fsp3) is 0.750. The van der Waals surface area contributed by atoms with Gasteiger partial charge in [0.2, 0.25) is 0 Å². The van der Waals surface area contributed by atoms with Crippen LogP contribution in [0.2, 0.25) is 0 Å². The number of sulfone groups is 1. The SMILES string of the molecule is CC(NC(=O)N1CCS(=O)(=O)CC1)C(=O)O. The van der Waals surface area contributed by atoms with Crippen molar-refractivity contribution in [1.29, 1.82) is 0 Å². The van der Waals surface area contributed by atoms with Gasteiger partial charge in [0.25, 0.3) is 0 Å². The van der Waals surface area contributed by atoms with Crippen LogP contribution in [0.25, 0.3) is 0 Å². The van der Waals surface area contributed by atoms with Gasteiger partial charge in [0.05, 0.1) is 11.5 Å². The van der Waals surface area contributed by atoms with Crippen molar-refractivity contribution in [3.8, 4) is 0 Å². The van der Waals surface area contributed by atoms with Gasteiger partial charge in [0.1, 0.15) is 6.04 Å². The highest BCUT2D eigenvalue weighted by atomic mass is 32.2. The van der Waals surface area contributed by atoms with E-state index in [-0.39, 0.29) is 24.6 Å². The van der Waals surface area contributed by atoms with E-state index < -0.39 is 27.9 Å². The number of hydrogen-bond donors (Lipinski definition) is 2. The number of amides is 2. The molecule has 0 aliphatic carbocycles. The summed E-state index contributed by atoms with van der Waals surface area (Å²) in [4.78, 5) is 23.3. The zero-order valence-corrected chi connectivity index (χ0v) is 9.66. The van der Waals surface area contributed by atoms with E-state index in [2.05, 4.69) is 5.32 Å². The molecule has 92 valence electrons. The largest absolute Gasteiger partial charge is 0.480 e. The number of carboxylic acids is 1. The molecule has 1 aliphatic heterocycles. The number of carboxylic acid groups (broad SMARTS) is 1. The maximum Gasteiger partial charge on any atom is 0.325 e. The molecule has 0 saturated carbocycles. The summed E-state index contributed by atoms with van der Waals surface area (Å²) in [5, 5.41) is 10.9. The summed E-state index contributed by atoms with van der Waals surface area (Å²) in [6.45, 7) is 1.57. The molecule has 2 N–H and O–H groups in total. The molecule has 2 amide bonds. The molecule has 8 heteroatoms. The minimum atomic E-state index is -3.03. The quantitative estimate of drug-likeness (QED) is 0.647. The highest BCUT2D eigenvalue weighted by Crippen LogP contribution is 2.03. The Morgan fingerprint density at radius 3 is 2.25 bits per heavy atom. The maximum atomic E-state index is 11.5. The molecule has 7 nitrogen and oxygen atoms in total. The van der Waals surface area contributed by atoms with Crippen molar-refractivity contribution < 1.29 is 23.1 Å². The molecule has 16 heavy (non-hydrogen) atoms. The van der Waals surface area contributed by atoms with Gasteiger partial charge in [-0.2, -0.15) is 0 Å². The van der Waals surface area contributed by atoms with Crippen molar-refractivity contribution >= 4 is 21.8 Å². The Bertz CT molecular complexity index is 377. The lowest BCUT2D eigenvalue weighted by molar-refractivity contribution is -0.138. The molecule has 0 bridgehead atoms. The van der Waals surface area contributed by atoms with Gasteiger partial charge in [-0.05, 0) is 6.92 Å². The van der Waals surface area contributed by atoms with Crippen LogP contribution in [-0.2, 0) is 14.6 Å². The Morgan fingerprint density at radius 1 is 1.31 bits per heavy atom. The molecule has 1 unspecified atom stereocenters. The number of urea groups is 1. The molecular formula is C8H14N2O5S. The molecule has 1 aliphatic rings. The van der Waals surface area contributed by atoms with Crippen LogP contribution in [-0.4, -0.2) is 61.1 Å². The van der Waals surface area contributed by atoms with Gasteiger partial charge in [-0.1, -0.05) is 0 Å². The third-order valence-electron chi connectivity index (χ3n) is 2.34. The first-order valence-electron chi connectivity index (χ1n) is 4.80. The van der Waals surface area contributed by atoms with Crippen LogP contribution in [0.1, 0.15) is 6.92 Å². The van der Waals surface area contributed by atoms with Gasteiger partial charge in [0, 0.05) is 13.1 Å². The van der Waals surface area contributed by atoms with E-state index in [1.807, 2.05) is 0 Å². The topological polar surface area (TPSA) is 104 Å². The predicted octanol–water partition coefficient (Wildman–Crippen LogP) is -1.10. The average Bonchev–Trinajstić information content (AvgIpc) is 2.17. The van der Waals surface area contributed by atoms with Gasteiger partial charge < -0.3 is 15.3 Å². The van der Waals surface area contributed by atoms with Gasteiger partial charge in [-0.25, -0.2) is 13.2 Å². The Balaban J connectivity index is 2.48. The Labute approximate surface area is 93.3 Å². The first-order valence-corrected chi connectivity index (χ1v) is 6.62. The summed E-state index contributed by atoms with van der Waals surface area (Å²) in [6, 6.07) is -1.52. The molecule has 0 radical (unpaired) electrons. The monoisotopic (exact) mass is 250 g/mol. The fourth-order valence-corrected chi connectivity index (χ4v) is 2.45. The van der Waals surface area contributed by atoms with E-state index in [1.165, 1.54) is 11.8 Å². The summed E-state index contributed by atoms with van der Waals surface area (Å²) < 4.78 is 22.2. The second-order valence-electron chi connectivity index (χ2n) is 3.65. The number of nitrogens with one attached hydrogen (secondary N) is 1. The van der Waals surface area contributed by atoms with Crippen molar-refractivity contribution in [1.82, 2.24) is 10.2 Å². The first kappa shape index (κ1) is 12.8. The van der Waals surface area contributed by atoms with Crippen LogP contribution >= 0.6 is 0 Å². The summed E-state index contributed by atoms with van der Waals surface area (Å²) in [5.41, 5.74) is 0. The highest BCUT2D eigenvalue weighted by Gasteiger charge is 2.26. The molecule has 1 saturated heterocycles. The molecular weight excluding hydrogens is 236 g/mol. The van der Waals surface area contributed by atoms with Crippen LogP contribution < -0.4 is 5.32 Å². The number of hydrogen-bond acceptors (Lipinski definition) is 4. The van der Waals surface area contributed by atoms with Crippen molar-refractivity contribution in [2.45, 2.75) is 13.0 Å². The smallest absolute Gasteiger partial charge is 0.325 e. The van der Waals surface area contributed by atoms with Gasteiger partial charge in [-0.15, -0.1) is 0 Å². The lowest BCUT2D eigenvalue weighted by Gasteiger charge is -2.27. The summed E-state index contributed by atoms with van der Waals surface area (Å²) in [6.07, 6.45) is 0. The second kappa shape index (κ2) is 4.69. The van der Waals surface area contributed by atoms with Crippen LogP contribution in [0, 0.1) is 0 Å². The van der Waals surface area contributed by atoms with E-state index in [0.29, 0.717) is 0 Å². The molecule has 1 atom stereocenters. The molecule has 0 spiro atoms. The zero-order valence-electron chi connectivity index (χ0n) is 8.84. The minimum Gasteiger partial charge on any atom is -0.480 e. The van der Waals surface area contributed by atoms with Crippen molar-refractivity contribution in [3.05, 3.63) is 0 Å². The molecule has 0 aromatic rings. The van der Waals surface area contributed by atoms with E-state index in [1.54, 1.807) is 0 Å². The number of carbonyl (C=O) groups excluding carboxylic acids is 1. The normalized spacial score (nSPS) is 21.2. The number of aliphatic carboxylic acids is 1. The summed E-state index contributed by atoms with van der Waals surface area (Å²) >= 11 is 0. The number of nitrogens with zero attached hydrogens (tertiary/aromatic N) is 1. The van der Waals surface area contributed by atoms with Crippen molar-refractivity contribution in [2.24, 2.45) is 0 Å². The Hall–Kier alpha value is -1.31. The Morgan fingerprint density at radius 2 is 1.81 bits per heavy atom. The summed E-state index contributed by atoms with van der Waals surface area (Å²) in [5.74, 6) is -1.26. The van der Waals surface area contributed by atoms with E-state index in [4.69, 9.17) is 5.11 Å². The molecule has 0 aromatic carbocycles. The highest BCUT2D eigenvalue weighted by molar-refractivity contribution is 7.91. The van der Waals surface area contributed by atoms with Gasteiger partial charge in [0.15, 0.2) is 9.84 Å². The van der Waals surface area contributed by atoms with E-state index in [9.17, 15) is 18.0 Å². The second-order valence-corrected chi connectivity index (χ2v) is 5.95. The van der Waals surface area contributed by atoms with Crippen LogP contribution in [0.5, 0.6) is 0 Å². The number of carbonyl (C=O) groups is 2. The standard InChI is InChI=1S/C8H14N2O5S/c1-6(7(11)12)9-8(13)10-2-4-16(14,15)5-3-10/h6H,2-5H2,1H3,(H,9,13)(H,11,12). The van der Waals surface area contributed by atoms with E-state index >= 15 is 0 Å². The van der Waals surface area contributed by atoms with Crippen LogP contribution in [0.4, 0.5) is 4.79 Å². The molecule has 1 heterocycles. The van der Waals surface area contributed by atoms with Crippen molar-refractivity contribution in [2.75, 3.05) is 24.6 Å². The third-order valence-corrected chi connectivity index (χ3v) is 3.95. The van der Waals surface area contributed by atoms with Gasteiger partial charge in [-0.3, -0.25) is 4.79 Å². The zero-order chi connectivity index (χ0) is 12.3. The lowest BCUT2D eigenvalue weighted by atomic mass is 10.3. The minimum absolute atomic E-state index is 0.0676. The molecule has 1 fully saturated rings. The van der Waals surface area contributed by atoms with Crippen LogP contribution in [0.15, 0.2) is 0 Å². The predicted molar refractivity (Wildman–Crippen MR) is 55.9 cm³/mol. The van der Waals surface area contributed by atoms with Crippen LogP contribution in [0.3, 0.4) is 0 Å². The fourth-order valence-electron chi connectivity index (χ4n) is 1.25. The first-order chi connectivity index (χ1) is 7.32. The lowest BCUT2D eigenvalue weighted by Crippen LogP contribution is -2.51. The average molecular weight is 250 g/mol. The maximum absolute atomic E-state index is 11.5. The van der Waals surface area contributed by atoms with Gasteiger partial charge >= 0.3 is 12.0 Å². The third kappa shape index (κ3) is 3.37. The molecule has 1 rings (SSSR count). The summed E-state index contributed by atoms with van der Waals surface area (Å²) in [7, 11) is -3.03.